The minimum absolute atomic E-state index is 0.445. The fourth-order valence-corrected chi connectivity index (χ4v) is 2.22. The maximum absolute atomic E-state index is 5.72. The van der Waals surface area contributed by atoms with E-state index in [0.29, 0.717) is 18.1 Å². The van der Waals surface area contributed by atoms with Gasteiger partial charge in [-0.3, -0.25) is 11.3 Å². The van der Waals surface area contributed by atoms with Crippen LogP contribution in [0.1, 0.15) is 52.4 Å². The third kappa shape index (κ3) is 4.49. The second-order valence-corrected chi connectivity index (χ2v) is 4.72. The fraction of sp³-hybridized carbons (Fsp3) is 1.00. The molecular formula is C12H26N2O. The number of ether oxygens (including phenoxy) is 1. The summed E-state index contributed by atoms with van der Waals surface area (Å²) in [6.45, 7) is 5.42. The molecule has 3 nitrogen and oxygen atoms in total. The van der Waals surface area contributed by atoms with Crippen molar-refractivity contribution in [1.29, 1.82) is 0 Å². The number of nitrogens with two attached hydrogens (primary N) is 1. The molecular weight excluding hydrogens is 188 g/mol. The monoisotopic (exact) mass is 214 g/mol. The molecule has 3 heteroatoms. The maximum atomic E-state index is 5.72. The molecule has 1 aliphatic heterocycles. The van der Waals surface area contributed by atoms with Gasteiger partial charge >= 0.3 is 0 Å². The molecule has 0 aliphatic carbocycles. The zero-order valence-electron chi connectivity index (χ0n) is 10.2. The number of rotatable bonds is 6. The molecule has 0 spiro atoms. The predicted octanol–water partition coefficient (Wildman–Crippen LogP) is 2.21. The highest BCUT2D eigenvalue weighted by Crippen LogP contribution is 2.20. The summed E-state index contributed by atoms with van der Waals surface area (Å²) >= 11 is 0. The Balaban J connectivity index is 2.20. The van der Waals surface area contributed by atoms with Gasteiger partial charge in [0.1, 0.15) is 0 Å². The van der Waals surface area contributed by atoms with Crippen molar-refractivity contribution < 1.29 is 4.74 Å². The van der Waals surface area contributed by atoms with Crippen molar-refractivity contribution in [1.82, 2.24) is 5.43 Å². The van der Waals surface area contributed by atoms with Crippen LogP contribution < -0.4 is 11.3 Å². The molecule has 0 aromatic rings. The molecule has 90 valence electrons. The lowest BCUT2D eigenvalue weighted by atomic mass is 9.93. The summed E-state index contributed by atoms with van der Waals surface area (Å²) < 4.78 is 5.72. The number of hydrogen-bond donors (Lipinski definition) is 2. The summed E-state index contributed by atoms with van der Waals surface area (Å²) in [6, 6.07) is 0.445. The first-order chi connectivity index (χ1) is 7.27. The van der Waals surface area contributed by atoms with Gasteiger partial charge in [0.25, 0.3) is 0 Å². The van der Waals surface area contributed by atoms with Crippen molar-refractivity contribution >= 4 is 0 Å². The smallest absolute Gasteiger partial charge is 0.0575 e. The zero-order valence-corrected chi connectivity index (χ0v) is 10.2. The minimum atomic E-state index is 0.445. The summed E-state index contributed by atoms with van der Waals surface area (Å²) in [5.41, 5.74) is 2.94. The molecule has 0 aromatic heterocycles. The SMILES string of the molecule is CCC(C)C(CCC1CCCCO1)NN. The van der Waals surface area contributed by atoms with Crippen LogP contribution in [0.25, 0.3) is 0 Å². The minimum Gasteiger partial charge on any atom is -0.378 e. The van der Waals surface area contributed by atoms with E-state index < -0.39 is 0 Å². The molecule has 0 radical (unpaired) electrons. The van der Waals surface area contributed by atoms with Crippen LogP contribution in [-0.2, 0) is 4.74 Å². The molecule has 1 rings (SSSR count). The standard InChI is InChI=1S/C12H26N2O/c1-3-10(2)12(14-13)8-7-11-6-4-5-9-15-11/h10-12,14H,3-9,13H2,1-2H3. The van der Waals surface area contributed by atoms with Gasteiger partial charge in [0.15, 0.2) is 0 Å². The Morgan fingerprint density at radius 3 is 2.80 bits per heavy atom. The number of hydrazine groups is 1. The summed E-state index contributed by atoms with van der Waals surface area (Å²) in [4.78, 5) is 0. The van der Waals surface area contributed by atoms with E-state index in [2.05, 4.69) is 19.3 Å². The van der Waals surface area contributed by atoms with Crippen molar-refractivity contribution in [3.05, 3.63) is 0 Å². The largest absolute Gasteiger partial charge is 0.378 e. The topological polar surface area (TPSA) is 47.3 Å². The Bertz CT molecular complexity index is 158. The number of nitrogens with one attached hydrogen (secondary N) is 1. The molecule has 0 amide bonds. The summed E-state index contributed by atoms with van der Waals surface area (Å²) in [5, 5.41) is 0. The summed E-state index contributed by atoms with van der Waals surface area (Å²) in [7, 11) is 0. The van der Waals surface area contributed by atoms with Crippen LogP contribution in [0, 0.1) is 5.92 Å². The van der Waals surface area contributed by atoms with Crippen LogP contribution in [0.4, 0.5) is 0 Å². The quantitative estimate of drug-likeness (QED) is 0.526. The fourth-order valence-electron chi connectivity index (χ4n) is 2.22. The van der Waals surface area contributed by atoms with Gasteiger partial charge < -0.3 is 4.74 Å². The first kappa shape index (κ1) is 12.9. The van der Waals surface area contributed by atoms with Gasteiger partial charge in [0, 0.05) is 12.6 Å². The lowest BCUT2D eigenvalue weighted by Crippen LogP contribution is -2.40. The Morgan fingerprint density at radius 1 is 1.47 bits per heavy atom. The second-order valence-electron chi connectivity index (χ2n) is 4.72. The Morgan fingerprint density at radius 2 is 2.27 bits per heavy atom. The first-order valence-electron chi connectivity index (χ1n) is 6.35. The van der Waals surface area contributed by atoms with Crippen molar-refractivity contribution in [2.24, 2.45) is 11.8 Å². The van der Waals surface area contributed by atoms with Crippen LogP contribution in [-0.4, -0.2) is 18.8 Å². The molecule has 0 saturated carbocycles. The molecule has 1 aliphatic rings. The van der Waals surface area contributed by atoms with E-state index in [4.69, 9.17) is 10.6 Å². The van der Waals surface area contributed by atoms with Gasteiger partial charge in [0.2, 0.25) is 0 Å². The van der Waals surface area contributed by atoms with E-state index >= 15 is 0 Å². The van der Waals surface area contributed by atoms with E-state index in [9.17, 15) is 0 Å². The highest BCUT2D eigenvalue weighted by Gasteiger charge is 2.18. The van der Waals surface area contributed by atoms with Crippen molar-refractivity contribution in [3.63, 3.8) is 0 Å². The molecule has 0 aromatic carbocycles. The normalized spacial score (nSPS) is 26.2. The van der Waals surface area contributed by atoms with E-state index in [-0.39, 0.29) is 0 Å². The van der Waals surface area contributed by atoms with Crippen LogP contribution in [0.3, 0.4) is 0 Å². The summed E-state index contributed by atoms with van der Waals surface area (Å²) in [5.74, 6) is 6.23. The Hall–Kier alpha value is -0.120. The Kier molecular flexibility index (Phi) is 6.22. The van der Waals surface area contributed by atoms with Crippen molar-refractivity contribution in [3.8, 4) is 0 Å². The Labute approximate surface area is 93.7 Å². The van der Waals surface area contributed by atoms with E-state index in [1.807, 2.05) is 0 Å². The van der Waals surface area contributed by atoms with E-state index in [1.54, 1.807) is 0 Å². The molecule has 15 heavy (non-hydrogen) atoms. The first-order valence-corrected chi connectivity index (χ1v) is 6.35. The molecule has 3 unspecified atom stereocenters. The molecule has 1 saturated heterocycles. The van der Waals surface area contributed by atoms with Gasteiger partial charge in [-0.05, 0) is 38.0 Å². The summed E-state index contributed by atoms with van der Waals surface area (Å²) in [6.07, 6.45) is 7.75. The van der Waals surface area contributed by atoms with E-state index in [0.717, 1.165) is 19.4 Å². The highest BCUT2D eigenvalue weighted by molar-refractivity contribution is 4.73. The molecule has 1 heterocycles. The predicted molar refractivity (Wildman–Crippen MR) is 63.4 cm³/mol. The molecule has 3 N–H and O–H groups in total. The highest BCUT2D eigenvalue weighted by atomic mass is 16.5. The third-order valence-corrected chi connectivity index (χ3v) is 3.62. The average Bonchev–Trinajstić information content (AvgIpc) is 2.31. The van der Waals surface area contributed by atoms with Crippen molar-refractivity contribution in [2.75, 3.05) is 6.61 Å². The van der Waals surface area contributed by atoms with E-state index in [1.165, 1.54) is 25.7 Å². The van der Waals surface area contributed by atoms with Gasteiger partial charge in [0.05, 0.1) is 6.10 Å². The van der Waals surface area contributed by atoms with Gasteiger partial charge in [-0.2, -0.15) is 0 Å². The maximum Gasteiger partial charge on any atom is 0.0575 e. The van der Waals surface area contributed by atoms with Crippen LogP contribution in [0.2, 0.25) is 0 Å². The molecule has 3 atom stereocenters. The molecule has 0 bridgehead atoms. The lowest BCUT2D eigenvalue weighted by Gasteiger charge is -2.27. The van der Waals surface area contributed by atoms with Gasteiger partial charge in [-0.15, -0.1) is 0 Å². The van der Waals surface area contributed by atoms with Gasteiger partial charge in [-0.1, -0.05) is 20.3 Å². The zero-order chi connectivity index (χ0) is 11.1. The van der Waals surface area contributed by atoms with Crippen LogP contribution in [0.15, 0.2) is 0 Å². The third-order valence-electron chi connectivity index (χ3n) is 3.62. The van der Waals surface area contributed by atoms with Crippen LogP contribution >= 0.6 is 0 Å². The van der Waals surface area contributed by atoms with Crippen LogP contribution in [0.5, 0.6) is 0 Å². The molecule has 1 fully saturated rings. The average molecular weight is 214 g/mol. The second kappa shape index (κ2) is 7.20. The lowest BCUT2D eigenvalue weighted by molar-refractivity contribution is 0.00760. The van der Waals surface area contributed by atoms with Gasteiger partial charge in [-0.25, -0.2) is 0 Å². The number of hydrogen-bond acceptors (Lipinski definition) is 3. The van der Waals surface area contributed by atoms with Crippen molar-refractivity contribution in [2.45, 2.75) is 64.5 Å².